The van der Waals surface area contributed by atoms with Crippen LogP contribution in [0.25, 0.3) is 0 Å². The number of hydrogen-bond donors (Lipinski definition) is 0. The maximum Gasteiger partial charge on any atom is 0.229 e. The van der Waals surface area contributed by atoms with Gasteiger partial charge in [-0.2, -0.15) is 0 Å². The highest BCUT2D eigenvalue weighted by atomic mass is 79.9. The molecule has 3 unspecified atom stereocenters. The smallest absolute Gasteiger partial charge is 0.229 e. The van der Waals surface area contributed by atoms with E-state index >= 15 is 0 Å². The van der Waals surface area contributed by atoms with E-state index in [1.54, 1.807) is 18.0 Å². The topological polar surface area (TPSA) is 20.3 Å². The molecule has 4 saturated carbocycles. The van der Waals surface area contributed by atoms with Gasteiger partial charge in [-0.1, -0.05) is 22.0 Å². The van der Waals surface area contributed by atoms with Crippen molar-refractivity contribution in [3.8, 4) is 0 Å². The molecule has 5 rings (SSSR count). The molecule has 0 aromatic heterocycles. The van der Waals surface area contributed by atoms with Crippen LogP contribution in [0, 0.1) is 28.9 Å². The molecule has 136 valence electrons. The Bertz CT molecular complexity index is 708. The predicted octanol–water partition coefficient (Wildman–Crippen LogP) is 5.22. The summed E-state index contributed by atoms with van der Waals surface area (Å²) in [7, 11) is 1.80. The molecule has 4 aliphatic carbocycles. The summed E-state index contributed by atoms with van der Waals surface area (Å²) in [4.78, 5) is 15.2. The molecule has 1 amide bonds. The van der Waals surface area contributed by atoms with Gasteiger partial charge in [0.25, 0.3) is 0 Å². The summed E-state index contributed by atoms with van der Waals surface area (Å²) in [6.45, 7) is 1.88. The van der Waals surface area contributed by atoms with E-state index in [1.807, 2.05) is 6.92 Å². The van der Waals surface area contributed by atoms with Gasteiger partial charge in [-0.15, -0.1) is 0 Å². The number of hydrogen-bond acceptors (Lipinski definition) is 1. The Morgan fingerprint density at radius 2 is 1.84 bits per heavy atom. The minimum atomic E-state index is -0.862. The second kappa shape index (κ2) is 5.77. The van der Waals surface area contributed by atoms with E-state index < -0.39 is 11.6 Å². The summed E-state index contributed by atoms with van der Waals surface area (Å²) in [6, 6.07) is 3.63. The summed E-state index contributed by atoms with van der Waals surface area (Å²) >= 11 is 3.95. The molecule has 0 saturated heterocycles. The Balaban J connectivity index is 1.58. The third-order valence-corrected chi connectivity index (χ3v) is 7.70. The van der Waals surface area contributed by atoms with E-state index in [9.17, 15) is 13.6 Å². The first-order chi connectivity index (χ1) is 11.7. The molecule has 0 heterocycles. The third-order valence-electron chi connectivity index (χ3n) is 6.77. The second-order valence-corrected chi connectivity index (χ2v) is 10.3. The van der Waals surface area contributed by atoms with Crippen molar-refractivity contribution >= 4 is 21.8 Å². The van der Waals surface area contributed by atoms with Crippen molar-refractivity contribution in [3.05, 3.63) is 35.4 Å². The highest BCUT2D eigenvalue weighted by Crippen LogP contribution is 2.65. The van der Waals surface area contributed by atoms with E-state index in [0.717, 1.165) is 25.3 Å². The fourth-order valence-electron chi connectivity index (χ4n) is 5.95. The first kappa shape index (κ1) is 17.4. The number of nitrogens with zero attached hydrogens (tertiary/aromatic N) is 1. The zero-order valence-electron chi connectivity index (χ0n) is 14.7. The minimum absolute atomic E-state index is 0.124. The summed E-state index contributed by atoms with van der Waals surface area (Å²) in [6.07, 6.45) is 6.47. The van der Waals surface area contributed by atoms with Gasteiger partial charge in [0.1, 0.15) is 0 Å². The average Bonchev–Trinajstić information content (AvgIpc) is 2.53. The molecule has 25 heavy (non-hydrogen) atoms. The molecular formula is C20H24BrF2NO. The van der Waals surface area contributed by atoms with Gasteiger partial charge in [0, 0.05) is 11.4 Å². The minimum Gasteiger partial charge on any atom is -0.339 e. The third kappa shape index (κ3) is 2.83. The number of benzene rings is 1. The zero-order valence-corrected chi connectivity index (χ0v) is 16.3. The van der Waals surface area contributed by atoms with Gasteiger partial charge in [0.05, 0.1) is 11.5 Å². The largest absolute Gasteiger partial charge is 0.339 e. The molecule has 2 nitrogen and oxygen atoms in total. The highest BCUT2D eigenvalue weighted by molar-refractivity contribution is 9.10. The Kier molecular flexibility index (Phi) is 4.02. The number of alkyl halides is 1. The Morgan fingerprint density at radius 1 is 1.20 bits per heavy atom. The van der Waals surface area contributed by atoms with E-state index in [0.29, 0.717) is 17.4 Å². The van der Waals surface area contributed by atoms with Crippen LogP contribution in [-0.2, 0) is 4.79 Å². The quantitative estimate of drug-likeness (QED) is 0.624. The second-order valence-electron chi connectivity index (χ2n) is 8.66. The molecular weight excluding hydrogens is 388 g/mol. The van der Waals surface area contributed by atoms with Crippen molar-refractivity contribution in [1.29, 1.82) is 0 Å². The van der Waals surface area contributed by atoms with Crippen LogP contribution in [-0.4, -0.2) is 22.2 Å². The molecule has 1 aromatic rings. The SMILES string of the molecule is CC(c1ccc(F)c(F)c1)N(C)C(=O)C12CC3CC(CC(Br)(C3)C1)C2. The number of rotatable bonds is 3. The lowest BCUT2D eigenvalue weighted by Crippen LogP contribution is -2.58. The van der Waals surface area contributed by atoms with Crippen molar-refractivity contribution in [1.82, 2.24) is 4.90 Å². The van der Waals surface area contributed by atoms with Crippen LogP contribution in [0.4, 0.5) is 8.78 Å². The van der Waals surface area contributed by atoms with Crippen LogP contribution < -0.4 is 0 Å². The highest BCUT2D eigenvalue weighted by Gasteiger charge is 2.60. The molecule has 0 N–H and O–H groups in total. The van der Waals surface area contributed by atoms with Crippen molar-refractivity contribution in [2.24, 2.45) is 17.3 Å². The normalized spacial score (nSPS) is 37.2. The van der Waals surface area contributed by atoms with Crippen molar-refractivity contribution in [3.63, 3.8) is 0 Å². The van der Waals surface area contributed by atoms with Gasteiger partial charge in [0.15, 0.2) is 11.6 Å². The lowest BCUT2D eigenvalue weighted by atomic mass is 9.49. The first-order valence-electron chi connectivity index (χ1n) is 9.12. The fraction of sp³-hybridized carbons (Fsp3) is 0.650. The Labute approximate surface area is 156 Å². The average molecular weight is 412 g/mol. The summed E-state index contributed by atoms with van der Waals surface area (Å²) in [5.41, 5.74) is 0.350. The molecule has 3 atom stereocenters. The van der Waals surface area contributed by atoms with Crippen LogP contribution in [0.15, 0.2) is 18.2 Å². The Hall–Kier alpha value is -0.970. The molecule has 0 aliphatic heterocycles. The molecule has 0 spiro atoms. The summed E-state index contributed by atoms with van der Waals surface area (Å²) in [5, 5.41) is 0. The standard InChI is InChI=1S/C20H24BrF2NO/c1-12(15-3-4-16(22)17(23)6-15)24(2)18(25)19-7-13-5-14(8-19)10-20(21,9-13)11-19/h3-4,6,12-14H,5,7-11H2,1-2H3. The molecule has 4 aliphatic rings. The van der Waals surface area contributed by atoms with Gasteiger partial charge in [-0.3, -0.25) is 4.79 Å². The van der Waals surface area contributed by atoms with Crippen LogP contribution in [0.5, 0.6) is 0 Å². The van der Waals surface area contributed by atoms with Crippen LogP contribution in [0.2, 0.25) is 0 Å². The maximum absolute atomic E-state index is 13.6. The van der Waals surface area contributed by atoms with Crippen LogP contribution in [0.3, 0.4) is 0 Å². The number of halogens is 3. The summed E-state index contributed by atoms with van der Waals surface area (Å²) < 4.78 is 26.9. The Morgan fingerprint density at radius 3 is 2.40 bits per heavy atom. The van der Waals surface area contributed by atoms with Crippen LogP contribution >= 0.6 is 15.9 Å². The lowest BCUT2D eigenvalue weighted by molar-refractivity contribution is -0.156. The molecule has 0 radical (unpaired) electrons. The first-order valence-corrected chi connectivity index (χ1v) is 9.92. The predicted molar refractivity (Wildman–Crippen MR) is 96.3 cm³/mol. The van der Waals surface area contributed by atoms with Gasteiger partial charge in [-0.25, -0.2) is 8.78 Å². The molecule has 1 aromatic carbocycles. The zero-order chi connectivity index (χ0) is 18.0. The van der Waals surface area contributed by atoms with E-state index in [2.05, 4.69) is 15.9 Å². The summed E-state index contributed by atoms with van der Waals surface area (Å²) in [5.74, 6) is -0.276. The number of amides is 1. The monoisotopic (exact) mass is 411 g/mol. The fourth-order valence-corrected chi connectivity index (χ4v) is 7.40. The number of carbonyl (C=O) groups excluding carboxylic acids is 1. The van der Waals surface area contributed by atoms with Crippen molar-refractivity contribution < 1.29 is 13.6 Å². The van der Waals surface area contributed by atoms with Gasteiger partial charge < -0.3 is 4.90 Å². The lowest BCUT2D eigenvalue weighted by Gasteiger charge is -2.60. The van der Waals surface area contributed by atoms with E-state index in [4.69, 9.17) is 0 Å². The van der Waals surface area contributed by atoms with Crippen LogP contribution in [0.1, 0.15) is 57.1 Å². The van der Waals surface area contributed by atoms with E-state index in [1.165, 1.54) is 25.3 Å². The van der Waals surface area contributed by atoms with Gasteiger partial charge in [0.2, 0.25) is 5.91 Å². The molecule has 4 bridgehead atoms. The van der Waals surface area contributed by atoms with E-state index in [-0.39, 0.29) is 21.7 Å². The molecule has 4 fully saturated rings. The van der Waals surface area contributed by atoms with Crippen molar-refractivity contribution in [2.45, 2.75) is 55.8 Å². The molecule has 5 heteroatoms. The van der Waals surface area contributed by atoms with Gasteiger partial charge in [-0.05, 0) is 75.0 Å². The van der Waals surface area contributed by atoms with Crippen molar-refractivity contribution in [2.75, 3.05) is 7.05 Å². The maximum atomic E-state index is 13.6. The number of carbonyl (C=O) groups is 1. The van der Waals surface area contributed by atoms with Gasteiger partial charge >= 0.3 is 0 Å².